The number of hydrogen-bond donors (Lipinski definition) is 1. The fourth-order valence-electron chi connectivity index (χ4n) is 2.46. The molecule has 0 radical (unpaired) electrons. The second-order valence-corrected chi connectivity index (χ2v) is 5.35. The minimum absolute atomic E-state index is 0.164. The molecule has 0 aliphatic carbocycles. The normalized spacial score (nSPS) is 14.0. The van der Waals surface area contributed by atoms with Gasteiger partial charge in [0.25, 0.3) is 5.91 Å². The van der Waals surface area contributed by atoms with Gasteiger partial charge in [0.2, 0.25) is 0 Å². The number of esters is 1. The third kappa shape index (κ3) is 3.92. The number of morpholine rings is 1. The average molecular weight is 342 g/mol. The standard InChI is InChI=1S/C17H18N4O4/c1-24-17(23)12-4-2-3-5-13(12)20-16(22)14-10-19-15(11-18-14)21-6-8-25-9-7-21/h2-5,10-11H,6-9H2,1H3,(H,20,22). The fraction of sp³-hybridized carbons (Fsp3) is 0.294. The average Bonchev–Trinajstić information content (AvgIpc) is 2.68. The number of para-hydroxylation sites is 1. The van der Waals surface area contributed by atoms with E-state index < -0.39 is 11.9 Å². The van der Waals surface area contributed by atoms with Gasteiger partial charge >= 0.3 is 5.97 Å². The van der Waals surface area contributed by atoms with Crippen molar-refractivity contribution in [3.8, 4) is 0 Å². The molecular weight excluding hydrogens is 324 g/mol. The molecule has 1 N–H and O–H groups in total. The molecule has 1 aromatic heterocycles. The predicted octanol–water partition coefficient (Wildman–Crippen LogP) is 1.35. The molecule has 1 aromatic carbocycles. The van der Waals surface area contributed by atoms with Crippen molar-refractivity contribution >= 4 is 23.4 Å². The fourth-order valence-corrected chi connectivity index (χ4v) is 2.46. The first-order valence-corrected chi connectivity index (χ1v) is 7.82. The lowest BCUT2D eigenvalue weighted by Crippen LogP contribution is -2.36. The van der Waals surface area contributed by atoms with Gasteiger partial charge in [0.05, 0.1) is 44.0 Å². The molecule has 2 aromatic rings. The maximum atomic E-state index is 12.4. The van der Waals surface area contributed by atoms with Crippen LogP contribution in [0.5, 0.6) is 0 Å². The molecule has 130 valence electrons. The molecule has 1 aliphatic rings. The van der Waals surface area contributed by atoms with Crippen LogP contribution in [0, 0.1) is 0 Å². The maximum Gasteiger partial charge on any atom is 0.339 e. The lowest BCUT2D eigenvalue weighted by atomic mass is 10.1. The summed E-state index contributed by atoms with van der Waals surface area (Å²) in [6.07, 6.45) is 2.98. The molecule has 0 saturated carbocycles. The molecular formula is C17H18N4O4. The molecule has 1 aliphatic heterocycles. The van der Waals surface area contributed by atoms with Crippen molar-refractivity contribution in [1.29, 1.82) is 0 Å². The molecule has 2 heterocycles. The lowest BCUT2D eigenvalue weighted by Gasteiger charge is -2.27. The minimum Gasteiger partial charge on any atom is -0.465 e. The van der Waals surface area contributed by atoms with E-state index in [4.69, 9.17) is 9.47 Å². The first kappa shape index (κ1) is 16.8. The lowest BCUT2D eigenvalue weighted by molar-refractivity contribution is 0.0602. The van der Waals surface area contributed by atoms with E-state index in [9.17, 15) is 9.59 Å². The smallest absolute Gasteiger partial charge is 0.339 e. The minimum atomic E-state index is -0.523. The molecule has 0 bridgehead atoms. The summed E-state index contributed by atoms with van der Waals surface area (Å²) < 4.78 is 10.0. The van der Waals surface area contributed by atoms with Gasteiger partial charge in [-0.05, 0) is 12.1 Å². The molecule has 1 fully saturated rings. The highest BCUT2D eigenvalue weighted by molar-refractivity contribution is 6.06. The van der Waals surface area contributed by atoms with Crippen LogP contribution < -0.4 is 10.2 Å². The Hall–Kier alpha value is -3.00. The number of nitrogens with one attached hydrogen (secondary N) is 1. The van der Waals surface area contributed by atoms with Crippen molar-refractivity contribution in [3.63, 3.8) is 0 Å². The summed E-state index contributed by atoms with van der Waals surface area (Å²) in [5.41, 5.74) is 0.798. The first-order chi connectivity index (χ1) is 12.2. The summed E-state index contributed by atoms with van der Waals surface area (Å²) in [5, 5.41) is 2.67. The van der Waals surface area contributed by atoms with Gasteiger partial charge < -0.3 is 19.7 Å². The number of methoxy groups -OCH3 is 1. The van der Waals surface area contributed by atoms with E-state index in [0.717, 1.165) is 13.1 Å². The van der Waals surface area contributed by atoms with Gasteiger partial charge in [-0.15, -0.1) is 0 Å². The van der Waals surface area contributed by atoms with Crippen LogP contribution in [0.15, 0.2) is 36.7 Å². The zero-order valence-corrected chi connectivity index (χ0v) is 13.8. The summed E-state index contributed by atoms with van der Waals surface area (Å²) in [7, 11) is 1.29. The number of ether oxygens (including phenoxy) is 2. The van der Waals surface area contributed by atoms with Crippen molar-refractivity contribution in [2.45, 2.75) is 0 Å². The number of carbonyl (C=O) groups excluding carboxylic acids is 2. The van der Waals surface area contributed by atoms with Crippen molar-refractivity contribution < 1.29 is 19.1 Å². The van der Waals surface area contributed by atoms with E-state index >= 15 is 0 Å². The summed E-state index contributed by atoms with van der Waals surface area (Å²) in [6, 6.07) is 6.61. The molecule has 25 heavy (non-hydrogen) atoms. The number of rotatable bonds is 4. The van der Waals surface area contributed by atoms with Crippen LogP contribution in [0.4, 0.5) is 11.5 Å². The second kappa shape index (κ2) is 7.71. The Kier molecular flexibility index (Phi) is 5.20. The molecule has 8 heteroatoms. The SMILES string of the molecule is COC(=O)c1ccccc1NC(=O)c1cnc(N2CCOCC2)cn1. The van der Waals surface area contributed by atoms with Gasteiger partial charge in [-0.3, -0.25) is 4.79 Å². The molecule has 1 saturated heterocycles. The van der Waals surface area contributed by atoms with Gasteiger partial charge in [0.1, 0.15) is 11.5 Å². The van der Waals surface area contributed by atoms with Crippen LogP contribution in [0.25, 0.3) is 0 Å². The Bertz CT molecular complexity index is 757. The van der Waals surface area contributed by atoms with Crippen LogP contribution in [0.2, 0.25) is 0 Å². The molecule has 0 spiro atoms. The Balaban J connectivity index is 1.72. The zero-order valence-electron chi connectivity index (χ0n) is 13.8. The van der Waals surface area contributed by atoms with Crippen LogP contribution in [-0.4, -0.2) is 55.3 Å². The molecule has 8 nitrogen and oxygen atoms in total. The van der Waals surface area contributed by atoms with Gasteiger partial charge in [0, 0.05) is 13.1 Å². The van der Waals surface area contributed by atoms with Crippen molar-refractivity contribution in [1.82, 2.24) is 9.97 Å². The third-order valence-electron chi connectivity index (χ3n) is 3.79. The van der Waals surface area contributed by atoms with E-state index in [2.05, 4.69) is 15.3 Å². The van der Waals surface area contributed by atoms with Crippen LogP contribution in [0.1, 0.15) is 20.8 Å². The van der Waals surface area contributed by atoms with E-state index in [0.29, 0.717) is 24.7 Å². The van der Waals surface area contributed by atoms with E-state index in [1.807, 2.05) is 4.90 Å². The van der Waals surface area contributed by atoms with Gasteiger partial charge in [-0.25, -0.2) is 14.8 Å². The van der Waals surface area contributed by atoms with Crippen molar-refractivity contribution in [2.75, 3.05) is 43.6 Å². The largest absolute Gasteiger partial charge is 0.465 e. The summed E-state index contributed by atoms with van der Waals surface area (Å²) in [4.78, 5) is 34.6. The maximum absolute atomic E-state index is 12.4. The highest BCUT2D eigenvalue weighted by Gasteiger charge is 2.17. The monoisotopic (exact) mass is 342 g/mol. The Morgan fingerprint density at radius 2 is 1.92 bits per heavy atom. The zero-order chi connectivity index (χ0) is 17.6. The van der Waals surface area contributed by atoms with E-state index in [1.54, 1.807) is 30.5 Å². The number of hydrogen-bond acceptors (Lipinski definition) is 7. The van der Waals surface area contributed by atoms with Gasteiger partial charge in [0.15, 0.2) is 0 Å². The van der Waals surface area contributed by atoms with E-state index in [-0.39, 0.29) is 11.3 Å². The Labute approximate surface area is 144 Å². The van der Waals surface area contributed by atoms with Crippen LogP contribution in [-0.2, 0) is 9.47 Å². The summed E-state index contributed by atoms with van der Waals surface area (Å²) >= 11 is 0. The predicted molar refractivity (Wildman–Crippen MR) is 90.8 cm³/mol. The highest BCUT2D eigenvalue weighted by atomic mass is 16.5. The molecule has 3 rings (SSSR count). The number of carbonyl (C=O) groups is 2. The number of benzene rings is 1. The van der Waals surface area contributed by atoms with Crippen molar-refractivity contribution in [3.05, 3.63) is 47.9 Å². The second-order valence-electron chi connectivity index (χ2n) is 5.35. The van der Waals surface area contributed by atoms with Crippen molar-refractivity contribution in [2.24, 2.45) is 0 Å². The van der Waals surface area contributed by atoms with Gasteiger partial charge in [-0.2, -0.15) is 0 Å². The quantitative estimate of drug-likeness (QED) is 0.838. The summed E-state index contributed by atoms with van der Waals surface area (Å²) in [5.74, 6) is -0.267. The Morgan fingerprint density at radius 3 is 2.60 bits per heavy atom. The topological polar surface area (TPSA) is 93.6 Å². The Morgan fingerprint density at radius 1 is 1.16 bits per heavy atom. The van der Waals surface area contributed by atoms with Crippen LogP contribution in [0.3, 0.4) is 0 Å². The molecule has 1 amide bonds. The molecule has 0 atom stereocenters. The number of nitrogens with zero attached hydrogens (tertiary/aromatic N) is 3. The third-order valence-corrected chi connectivity index (χ3v) is 3.79. The number of amides is 1. The number of aromatic nitrogens is 2. The van der Waals surface area contributed by atoms with E-state index in [1.165, 1.54) is 13.3 Å². The van der Waals surface area contributed by atoms with Gasteiger partial charge in [-0.1, -0.05) is 12.1 Å². The first-order valence-electron chi connectivity index (χ1n) is 7.82. The highest BCUT2D eigenvalue weighted by Crippen LogP contribution is 2.17. The molecule has 0 unspecified atom stereocenters. The summed E-state index contributed by atoms with van der Waals surface area (Å²) in [6.45, 7) is 2.78. The number of anilines is 2. The van der Waals surface area contributed by atoms with Crippen LogP contribution >= 0.6 is 0 Å².